The van der Waals surface area contributed by atoms with Crippen molar-refractivity contribution >= 4 is 46.5 Å². The second kappa shape index (κ2) is 8.48. The van der Waals surface area contributed by atoms with Gasteiger partial charge in [0, 0.05) is 19.1 Å². The molecule has 3 rings (SSSR count). The van der Waals surface area contributed by atoms with Gasteiger partial charge < -0.3 is 10.1 Å². The highest BCUT2D eigenvalue weighted by molar-refractivity contribution is 8.18. The third-order valence-corrected chi connectivity index (χ3v) is 4.48. The van der Waals surface area contributed by atoms with E-state index in [1.165, 1.54) is 37.3 Å². The quantitative estimate of drug-likeness (QED) is 0.269. The predicted molar refractivity (Wildman–Crippen MR) is 106 cm³/mol. The number of nitrogens with zero attached hydrogens (tertiary/aromatic N) is 2. The summed E-state index contributed by atoms with van der Waals surface area (Å²) >= 11 is 1.05. The van der Waals surface area contributed by atoms with Crippen LogP contribution in [-0.2, 0) is 9.59 Å². The Labute approximate surface area is 168 Å². The Morgan fingerprint density at radius 2 is 1.93 bits per heavy atom. The number of nitro groups is 1. The SMILES string of the molecule is CC(=O)NC1=NC(=O)/C(=C/c2ccc(OC(=O)c3cccc([N+](=O)[O-])c3)cc2)S1. The molecule has 0 saturated carbocycles. The Balaban J connectivity index is 1.67. The molecule has 0 aliphatic carbocycles. The van der Waals surface area contributed by atoms with Crippen LogP contribution in [-0.4, -0.2) is 27.9 Å². The average Bonchev–Trinajstić information content (AvgIpc) is 3.01. The first kappa shape index (κ1) is 20.0. The smallest absolute Gasteiger partial charge is 0.343 e. The van der Waals surface area contributed by atoms with Crippen molar-refractivity contribution in [2.75, 3.05) is 0 Å². The van der Waals surface area contributed by atoms with E-state index in [0.717, 1.165) is 17.8 Å². The molecule has 29 heavy (non-hydrogen) atoms. The second-order valence-electron chi connectivity index (χ2n) is 5.78. The lowest BCUT2D eigenvalue weighted by Gasteiger charge is -2.05. The summed E-state index contributed by atoms with van der Waals surface area (Å²) in [4.78, 5) is 49.4. The Bertz CT molecular complexity index is 1080. The molecule has 1 aliphatic heterocycles. The van der Waals surface area contributed by atoms with E-state index >= 15 is 0 Å². The molecule has 0 aromatic heterocycles. The highest BCUT2D eigenvalue weighted by Crippen LogP contribution is 2.28. The Kier molecular flexibility index (Phi) is 5.84. The molecule has 0 fully saturated rings. The summed E-state index contributed by atoms with van der Waals surface area (Å²) in [5.74, 6) is -1.26. The number of amidine groups is 1. The molecule has 0 saturated heterocycles. The van der Waals surface area contributed by atoms with Crippen LogP contribution in [0.1, 0.15) is 22.8 Å². The zero-order valence-corrected chi connectivity index (χ0v) is 15.8. The van der Waals surface area contributed by atoms with Gasteiger partial charge in [-0.15, -0.1) is 0 Å². The number of ether oxygens (including phenoxy) is 1. The fourth-order valence-corrected chi connectivity index (χ4v) is 3.17. The Morgan fingerprint density at radius 1 is 1.21 bits per heavy atom. The van der Waals surface area contributed by atoms with Crippen molar-refractivity contribution in [1.29, 1.82) is 0 Å². The standard InChI is InChI=1S/C19H13N3O6S/c1-11(23)20-19-21-17(24)16(29-19)9-12-5-7-15(8-6-12)28-18(25)13-3-2-4-14(10-13)22(26)27/h2-10H,1H3,(H,20,21,23,24)/b16-9-. The summed E-state index contributed by atoms with van der Waals surface area (Å²) in [7, 11) is 0. The van der Waals surface area contributed by atoms with Crippen molar-refractivity contribution in [3.63, 3.8) is 0 Å². The Hall–Kier alpha value is -3.79. The molecule has 2 aromatic carbocycles. The molecule has 10 heteroatoms. The first-order valence-electron chi connectivity index (χ1n) is 8.18. The van der Waals surface area contributed by atoms with Crippen LogP contribution in [0.25, 0.3) is 6.08 Å². The summed E-state index contributed by atoms with van der Waals surface area (Å²) in [6, 6.07) is 11.6. The largest absolute Gasteiger partial charge is 0.423 e. The van der Waals surface area contributed by atoms with Gasteiger partial charge in [-0.05, 0) is 41.6 Å². The number of rotatable bonds is 4. The zero-order valence-electron chi connectivity index (χ0n) is 14.9. The molecule has 1 aliphatic rings. The number of nitro benzene ring substituents is 1. The number of aliphatic imine (C=N–C) groups is 1. The van der Waals surface area contributed by atoms with Gasteiger partial charge in [0.05, 0.1) is 15.4 Å². The van der Waals surface area contributed by atoms with E-state index < -0.39 is 16.8 Å². The van der Waals surface area contributed by atoms with Gasteiger partial charge >= 0.3 is 5.97 Å². The summed E-state index contributed by atoms with van der Waals surface area (Å²) in [5.41, 5.74) is 0.511. The van der Waals surface area contributed by atoms with Gasteiger partial charge in [0.15, 0.2) is 5.17 Å². The van der Waals surface area contributed by atoms with Crippen LogP contribution in [0.4, 0.5) is 5.69 Å². The highest BCUT2D eigenvalue weighted by atomic mass is 32.2. The molecule has 0 unspecified atom stereocenters. The normalized spacial score (nSPS) is 14.4. The topological polar surface area (TPSA) is 128 Å². The molecule has 2 amide bonds. The average molecular weight is 411 g/mol. The number of thioether (sulfide) groups is 1. The maximum atomic E-state index is 12.2. The van der Waals surface area contributed by atoms with Gasteiger partial charge in [-0.25, -0.2) is 4.79 Å². The summed E-state index contributed by atoms with van der Waals surface area (Å²) in [5, 5.41) is 13.5. The first-order valence-corrected chi connectivity index (χ1v) is 9.00. The van der Waals surface area contributed by atoms with Gasteiger partial charge in [0.1, 0.15) is 5.75 Å². The fraction of sp³-hybridized carbons (Fsp3) is 0.0526. The summed E-state index contributed by atoms with van der Waals surface area (Å²) in [6.07, 6.45) is 1.59. The molecule has 9 nitrogen and oxygen atoms in total. The molecular weight excluding hydrogens is 398 g/mol. The van der Waals surface area contributed by atoms with E-state index in [1.807, 2.05) is 0 Å². The molecule has 2 aromatic rings. The molecule has 0 spiro atoms. The van der Waals surface area contributed by atoms with Crippen LogP contribution < -0.4 is 10.1 Å². The van der Waals surface area contributed by atoms with E-state index in [1.54, 1.807) is 18.2 Å². The van der Waals surface area contributed by atoms with E-state index in [4.69, 9.17) is 4.74 Å². The van der Waals surface area contributed by atoms with Gasteiger partial charge in [-0.2, -0.15) is 4.99 Å². The van der Waals surface area contributed by atoms with Crippen molar-refractivity contribution in [2.24, 2.45) is 4.99 Å². The van der Waals surface area contributed by atoms with Gasteiger partial charge in [0.25, 0.3) is 11.6 Å². The van der Waals surface area contributed by atoms with Gasteiger partial charge in [-0.3, -0.25) is 19.7 Å². The number of benzene rings is 2. The predicted octanol–water partition coefficient (Wildman–Crippen LogP) is 2.92. The molecular formula is C19H13N3O6S. The number of hydrogen-bond acceptors (Lipinski definition) is 7. The van der Waals surface area contributed by atoms with Crippen molar-refractivity contribution in [3.8, 4) is 5.75 Å². The number of hydrogen-bond donors (Lipinski definition) is 1. The molecule has 146 valence electrons. The maximum Gasteiger partial charge on any atom is 0.343 e. The Morgan fingerprint density at radius 3 is 2.59 bits per heavy atom. The lowest BCUT2D eigenvalue weighted by atomic mass is 10.2. The van der Waals surface area contributed by atoms with Crippen LogP contribution >= 0.6 is 11.8 Å². The monoisotopic (exact) mass is 411 g/mol. The minimum absolute atomic E-state index is 0.0565. The van der Waals surface area contributed by atoms with Crippen LogP contribution in [0.2, 0.25) is 0 Å². The number of non-ortho nitro benzene ring substituents is 1. The molecule has 0 bridgehead atoms. The van der Waals surface area contributed by atoms with Crippen LogP contribution in [0.3, 0.4) is 0 Å². The van der Waals surface area contributed by atoms with E-state index in [0.29, 0.717) is 10.5 Å². The lowest BCUT2D eigenvalue weighted by Crippen LogP contribution is -2.23. The number of esters is 1. The van der Waals surface area contributed by atoms with E-state index in [9.17, 15) is 24.5 Å². The third kappa shape index (κ3) is 5.14. The van der Waals surface area contributed by atoms with Gasteiger partial charge in [0.2, 0.25) is 5.91 Å². The van der Waals surface area contributed by atoms with Crippen molar-refractivity contribution < 1.29 is 24.0 Å². The molecule has 0 atom stereocenters. The first-order chi connectivity index (χ1) is 13.8. The van der Waals surface area contributed by atoms with Crippen molar-refractivity contribution in [3.05, 3.63) is 74.7 Å². The summed E-state index contributed by atoms with van der Waals surface area (Å²) < 4.78 is 5.22. The van der Waals surface area contributed by atoms with Crippen molar-refractivity contribution in [1.82, 2.24) is 5.32 Å². The number of amides is 2. The lowest BCUT2D eigenvalue weighted by molar-refractivity contribution is -0.384. The molecule has 1 heterocycles. The van der Waals surface area contributed by atoms with E-state index in [2.05, 4.69) is 10.3 Å². The minimum atomic E-state index is -0.727. The van der Waals surface area contributed by atoms with Crippen LogP contribution in [0, 0.1) is 10.1 Å². The zero-order chi connectivity index (χ0) is 21.0. The number of carbonyl (C=O) groups is 3. The third-order valence-electron chi connectivity index (χ3n) is 3.58. The molecule has 0 radical (unpaired) electrons. The summed E-state index contributed by atoms with van der Waals surface area (Å²) in [6.45, 7) is 1.32. The van der Waals surface area contributed by atoms with Crippen LogP contribution in [0.5, 0.6) is 5.75 Å². The maximum absolute atomic E-state index is 12.2. The second-order valence-corrected chi connectivity index (χ2v) is 6.81. The minimum Gasteiger partial charge on any atom is -0.423 e. The number of carbonyl (C=O) groups excluding carboxylic acids is 3. The van der Waals surface area contributed by atoms with Gasteiger partial charge in [-0.1, -0.05) is 18.2 Å². The van der Waals surface area contributed by atoms with Crippen molar-refractivity contribution in [2.45, 2.75) is 6.92 Å². The fourth-order valence-electron chi connectivity index (χ4n) is 2.31. The molecule has 1 N–H and O–H groups in total. The number of nitrogens with one attached hydrogen (secondary N) is 1. The van der Waals surface area contributed by atoms with Crippen LogP contribution in [0.15, 0.2) is 58.4 Å². The van der Waals surface area contributed by atoms with E-state index in [-0.39, 0.29) is 28.1 Å². The highest BCUT2D eigenvalue weighted by Gasteiger charge is 2.22.